The Labute approximate surface area is 93.7 Å². The van der Waals surface area contributed by atoms with E-state index >= 15 is 0 Å². The average molecular weight is 245 g/mol. The highest BCUT2D eigenvalue weighted by atomic mass is 32.3. The van der Waals surface area contributed by atoms with Crippen molar-refractivity contribution >= 4 is 21.8 Å². The molecule has 1 amide bonds. The van der Waals surface area contributed by atoms with Crippen LogP contribution in [0.2, 0.25) is 0 Å². The molecule has 1 rings (SSSR count). The first-order chi connectivity index (χ1) is 7.30. The molecule has 0 spiro atoms. The van der Waals surface area contributed by atoms with Gasteiger partial charge in [-0.3, -0.25) is 4.79 Å². The lowest BCUT2D eigenvalue weighted by Gasteiger charge is -2.09. The monoisotopic (exact) mass is 245 g/mol. The van der Waals surface area contributed by atoms with E-state index in [1.165, 1.54) is 26.0 Å². The number of benzene rings is 1. The molecule has 1 atom stereocenters. The van der Waals surface area contributed by atoms with Gasteiger partial charge in [-0.2, -0.15) is 8.42 Å². The van der Waals surface area contributed by atoms with Crippen molar-refractivity contribution in [3.8, 4) is 0 Å². The molecule has 6 heteroatoms. The van der Waals surface area contributed by atoms with E-state index in [1.807, 2.05) is 0 Å². The lowest BCUT2D eigenvalue weighted by molar-refractivity contribution is -0.114. The van der Waals surface area contributed by atoms with Gasteiger partial charge in [0.2, 0.25) is 5.91 Å². The Bertz CT molecular complexity index is 499. The Morgan fingerprint density at radius 1 is 1.44 bits per heavy atom. The van der Waals surface area contributed by atoms with Crippen molar-refractivity contribution in [2.24, 2.45) is 0 Å². The van der Waals surface area contributed by atoms with Crippen LogP contribution in [0.5, 0.6) is 0 Å². The van der Waals surface area contributed by atoms with Crippen molar-refractivity contribution in [2.45, 2.75) is 19.1 Å². The molecule has 16 heavy (non-hydrogen) atoms. The summed E-state index contributed by atoms with van der Waals surface area (Å²) in [5, 5.41) is 1.26. The quantitative estimate of drug-likeness (QED) is 0.828. The number of hydrogen-bond acceptors (Lipinski definition) is 3. The van der Waals surface area contributed by atoms with Gasteiger partial charge in [0.05, 0.1) is 0 Å². The second kappa shape index (κ2) is 4.61. The third-order valence-electron chi connectivity index (χ3n) is 2.10. The zero-order chi connectivity index (χ0) is 12.3. The largest absolute Gasteiger partial charge is 0.326 e. The molecule has 1 unspecified atom stereocenters. The first-order valence-electron chi connectivity index (χ1n) is 4.61. The minimum atomic E-state index is -4.61. The molecule has 0 fully saturated rings. The van der Waals surface area contributed by atoms with E-state index < -0.39 is 15.5 Å². The third-order valence-corrected chi connectivity index (χ3v) is 3.22. The van der Waals surface area contributed by atoms with E-state index in [2.05, 4.69) is 5.32 Å². The zero-order valence-electron chi connectivity index (χ0n) is 8.90. The summed E-state index contributed by atoms with van der Waals surface area (Å²) in [6, 6.07) is 6.08. The molecule has 1 N–H and O–H groups in total. The van der Waals surface area contributed by atoms with Gasteiger partial charge in [-0.15, -0.1) is 3.89 Å². The normalized spacial score (nSPS) is 13.2. The molecule has 1 aromatic carbocycles. The molecule has 0 saturated carbocycles. The molecule has 0 aliphatic rings. The van der Waals surface area contributed by atoms with Crippen molar-refractivity contribution in [1.82, 2.24) is 0 Å². The Morgan fingerprint density at radius 2 is 2.06 bits per heavy atom. The second-order valence-electron chi connectivity index (χ2n) is 3.42. The molecule has 0 aromatic heterocycles. The van der Waals surface area contributed by atoms with Crippen LogP contribution >= 0.6 is 0 Å². The number of carbonyl (C=O) groups is 1. The summed E-state index contributed by atoms with van der Waals surface area (Å²) < 4.78 is 34.2. The topological polar surface area (TPSA) is 63.2 Å². The summed E-state index contributed by atoms with van der Waals surface area (Å²) in [5.41, 5.74) is 0.745. The molecule has 0 saturated heterocycles. The Balaban J connectivity index is 3.03. The maximum absolute atomic E-state index is 12.7. The number of anilines is 1. The highest BCUT2D eigenvalue weighted by Gasteiger charge is 2.21. The predicted octanol–water partition coefficient (Wildman–Crippen LogP) is 2.01. The number of nitrogens with one attached hydrogen (secondary N) is 1. The van der Waals surface area contributed by atoms with E-state index in [9.17, 15) is 17.1 Å². The van der Waals surface area contributed by atoms with E-state index in [4.69, 9.17) is 0 Å². The molecule has 0 heterocycles. The highest BCUT2D eigenvalue weighted by molar-refractivity contribution is 7.86. The van der Waals surface area contributed by atoms with Gasteiger partial charge in [-0.1, -0.05) is 12.1 Å². The average Bonchev–Trinajstić information content (AvgIpc) is 2.14. The second-order valence-corrected chi connectivity index (χ2v) is 5.08. The lowest BCUT2D eigenvalue weighted by atomic mass is 10.1. The first-order valence-corrected chi connectivity index (χ1v) is 6.06. The number of amides is 1. The lowest BCUT2D eigenvalue weighted by Crippen LogP contribution is -2.08. The van der Waals surface area contributed by atoms with Gasteiger partial charge in [0, 0.05) is 12.6 Å². The van der Waals surface area contributed by atoms with Gasteiger partial charge < -0.3 is 5.32 Å². The van der Waals surface area contributed by atoms with Crippen LogP contribution in [0, 0.1) is 0 Å². The van der Waals surface area contributed by atoms with Gasteiger partial charge in [0.1, 0.15) is 5.25 Å². The molecule has 0 radical (unpaired) electrons. The Hall–Kier alpha value is -1.43. The zero-order valence-corrected chi connectivity index (χ0v) is 9.71. The van der Waals surface area contributed by atoms with Crippen LogP contribution in [0.1, 0.15) is 24.7 Å². The number of carbonyl (C=O) groups excluding carboxylic acids is 1. The Morgan fingerprint density at radius 3 is 2.56 bits per heavy atom. The molecule has 0 aliphatic carbocycles. The fraction of sp³-hybridized carbons (Fsp3) is 0.300. The summed E-state index contributed by atoms with van der Waals surface area (Å²) in [7, 11) is -4.61. The number of hydrogen-bond donors (Lipinski definition) is 1. The summed E-state index contributed by atoms with van der Waals surface area (Å²) >= 11 is 0. The Kier molecular flexibility index (Phi) is 3.64. The smallest absolute Gasteiger partial charge is 0.309 e. The molecule has 1 aromatic rings. The summed E-state index contributed by atoms with van der Waals surface area (Å²) in [6.45, 7) is 2.59. The minimum absolute atomic E-state index is 0.270. The van der Waals surface area contributed by atoms with Crippen LogP contribution in [0.4, 0.5) is 9.57 Å². The van der Waals surface area contributed by atoms with E-state index in [0.717, 1.165) is 0 Å². The minimum Gasteiger partial charge on any atom is -0.326 e. The van der Waals surface area contributed by atoms with Gasteiger partial charge in [0.15, 0.2) is 0 Å². The SMILES string of the molecule is CC(=O)Nc1cccc(C(C)S(=O)(=O)F)c1. The molecular formula is C10H12FNO3S. The van der Waals surface area contributed by atoms with Crippen molar-refractivity contribution in [1.29, 1.82) is 0 Å². The summed E-state index contributed by atoms with van der Waals surface area (Å²) in [6.07, 6.45) is 0. The van der Waals surface area contributed by atoms with Crippen LogP contribution in [-0.2, 0) is 15.0 Å². The fourth-order valence-corrected chi connectivity index (χ4v) is 1.71. The van der Waals surface area contributed by atoms with Crippen LogP contribution in [0.3, 0.4) is 0 Å². The number of halogens is 1. The molecule has 4 nitrogen and oxygen atoms in total. The van der Waals surface area contributed by atoms with Gasteiger partial charge >= 0.3 is 10.2 Å². The number of rotatable bonds is 3. The van der Waals surface area contributed by atoms with Crippen molar-refractivity contribution in [3.05, 3.63) is 29.8 Å². The predicted molar refractivity (Wildman–Crippen MR) is 59.2 cm³/mol. The summed E-state index contributed by atoms with van der Waals surface area (Å²) in [4.78, 5) is 10.8. The maximum atomic E-state index is 12.7. The van der Waals surface area contributed by atoms with Crippen LogP contribution < -0.4 is 5.32 Å². The first kappa shape index (κ1) is 12.6. The third kappa shape index (κ3) is 3.30. The van der Waals surface area contributed by atoms with Gasteiger partial charge in [-0.05, 0) is 24.6 Å². The van der Waals surface area contributed by atoms with Crippen LogP contribution in [0.25, 0.3) is 0 Å². The summed E-state index contributed by atoms with van der Waals surface area (Å²) in [5.74, 6) is -0.270. The fourth-order valence-electron chi connectivity index (χ4n) is 1.24. The van der Waals surface area contributed by atoms with Gasteiger partial charge in [0.25, 0.3) is 0 Å². The van der Waals surface area contributed by atoms with Crippen LogP contribution in [-0.4, -0.2) is 14.3 Å². The van der Waals surface area contributed by atoms with Crippen LogP contribution in [0.15, 0.2) is 24.3 Å². The van der Waals surface area contributed by atoms with Crippen molar-refractivity contribution < 1.29 is 17.1 Å². The molecule has 0 bridgehead atoms. The molecule has 88 valence electrons. The highest BCUT2D eigenvalue weighted by Crippen LogP contribution is 2.25. The molecule has 0 aliphatic heterocycles. The standard InChI is InChI=1S/C10H12FNO3S/c1-7(16(11,14)15)9-4-3-5-10(6-9)12-8(2)13/h3-7H,1-2H3,(H,12,13). The van der Waals surface area contributed by atoms with E-state index in [-0.39, 0.29) is 5.91 Å². The van der Waals surface area contributed by atoms with Crippen molar-refractivity contribution in [3.63, 3.8) is 0 Å². The molecular weight excluding hydrogens is 233 g/mol. The maximum Gasteiger partial charge on any atom is 0.309 e. The van der Waals surface area contributed by atoms with E-state index in [0.29, 0.717) is 11.3 Å². The van der Waals surface area contributed by atoms with Gasteiger partial charge in [-0.25, -0.2) is 0 Å². The van der Waals surface area contributed by atoms with E-state index in [1.54, 1.807) is 12.1 Å². The van der Waals surface area contributed by atoms with Crippen molar-refractivity contribution in [2.75, 3.05) is 5.32 Å².